The van der Waals surface area contributed by atoms with Crippen molar-refractivity contribution >= 4 is 64.3 Å². The highest BCUT2D eigenvalue weighted by Gasteiger charge is 2.31. The number of benzene rings is 6. The first kappa shape index (κ1) is 42.3. The van der Waals surface area contributed by atoms with Crippen LogP contribution in [0.4, 0.5) is 5.69 Å². The molecule has 2 heterocycles. The second-order valence-electron chi connectivity index (χ2n) is 15.7. The Hall–Kier alpha value is -5.37. The molecule has 8 rings (SSSR count). The first-order valence-corrected chi connectivity index (χ1v) is 24.7. The van der Waals surface area contributed by atoms with Crippen molar-refractivity contribution < 1.29 is 35.2 Å². The summed E-state index contributed by atoms with van der Waals surface area (Å²) in [6, 6.07) is 44.6. The van der Waals surface area contributed by atoms with Crippen LogP contribution in [0, 0.1) is 0 Å². The second kappa shape index (κ2) is 17.9. The van der Waals surface area contributed by atoms with Crippen molar-refractivity contribution in [3.8, 4) is 16.9 Å². The van der Waals surface area contributed by atoms with Gasteiger partial charge in [0, 0.05) is 13.0 Å². The van der Waals surface area contributed by atoms with Crippen molar-refractivity contribution in [2.24, 2.45) is 0 Å². The number of rotatable bonds is 16. The fourth-order valence-corrected chi connectivity index (χ4v) is 10.9. The Balaban J connectivity index is 1.16. The molecule has 0 radical (unpaired) electrons. The summed E-state index contributed by atoms with van der Waals surface area (Å²) in [7, 11) is -8.24. The lowest BCUT2D eigenvalue weighted by Gasteiger charge is -2.23. The maximum absolute atomic E-state index is 11.5. The first-order chi connectivity index (χ1) is 29.4. The van der Waals surface area contributed by atoms with Crippen molar-refractivity contribution in [2.75, 3.05) is 11.4 Å². The number of nitrogens with zero attached hydrogens (tertiary/aromatic N) is 2. The van der Waals surface area contributed by atoms with Gasteiger partial charge in [-0.05, 0) is 94.1 Å². The minimum absolute atomic E-state index is 0.191. The average molecular weight is 874 g/mol. The molecule has 0 amide bonds. The van der Waals surface area contributed by atoms with Crippen LogP contribution in [-0.2, 0) is 38.3 Å². The summed E-state index contributed by atoms with van der Waals surface area (Å²) in [5, 5.41) is 3.40. The van der Waals surface area contributed by atoms with Crippen molar-refractivity contribution in [1.29, 1.82) is 0 Å². The van der Waals surface area contributed by atoms with E-state index in [4.69, 9.17) is 4.74 Å². The Bertz CT molecular complexity index is 2930. The smallest absolute Gasteiger partial charge is 0.269 e. The van der Waals surface area contributed by atoms with Gasteiger partial charge in [0.25, 0.3) is 25.2 Å². The largest absolute Gasteiger partial charge is 0.438 e. The lowest BCUT2D eigenvalue weighted by atomic mass is 9.92. The van der Waals surface area contributed by atoms with Crippen molar-refractivity contribution in [2.45, 2.75) is 69.4 Å². The monoisotopic (exact) mass is 873 g/mol. The van der Waals surface area contributed by atoms with Crippen molar-refractivity contribution in [3.63, 3.8) is 0 Å². The molecular formula is C49H49N2O7S3+. The molecule has 314 valence electrons. The first-order valence-electron chi connectivity index (χ1n) is 20.6. The van der Waals surface area contributed by atoms with E-state index in [1.54, 1.807) is 35.6 Å². The van der Waals surface area contributed by atoms with Gasteiger partial charge in [0.15, 0.2) is 12.3 Å². The minimum Gasteiger partial charge on any atom is -0.438 e. The molecule has 1 aliphatic heterocycles. The summed E-state index contributed by atoms with van der Waals surface area (Å²) in [4.78, 5) is 2.28. The van der Waals surface area contributed by atoms with Crippen LogP contribution >= 0.6 is 11.3 Å². The molecule has 1 aromatic heterocycles. The van der Waals surface area contributed by atoms with E-state index in [2.05, 4.69) is 96.1 Å². The molecule has 0 fully saturated rings. The SMILES string of the molecule is CCC(CCN1C(=Cc2sc3ccc4ccccc4c3[n+]2CCC(CC)c2ccc(CS(=O)(=O)O)cc2)Oc2ccc(-c3ccccc3)cc21)c1ccc(CS(=O)(=O)O)cc1. The van der Waals surface area contributed by atoms with Crippen LogP contribution in [0.2, 0.25) is 0 Å². The highest BCUT2D eigenvalue weighted by atomic mass is 32.2. The number of aryl methyl sites for hydroxylation is 1. The molecule has 2 atom stereocenters. The molecule has 0 saturated heterocycles. The third-order valence-electron chi connectivity index (χ3n) is 11.7. The van der Waals surface area contributed by atoms with Gasteiger partial charge in [0.05, 0.1) is 17.1 Å². The Morgan fingerprint density at radius 3 is 1.92 bits per heavy atom. The molecule has 0 bridgehead atoms. The fraction of sp³-hybridized carbons (Fsp3) is 0.245. The molecule has 61 heavy (non-hydrogen) atoms. The molecular weight excluding hydrogens is 825 g/mol. The van der Waals surface area contributed by atoms with Crippen molar-refractivity contribution in [3.05, 3.63) is 167 Å². The summed E-state index contributed by atoms with van der Waals surface area (Å²) < 4.78 is 75.3. The number of thiazole rings is 1. The molecule has 9 nitrogen and oxygen atoms in total. The predicted molar refractivity (Wildman–Crippen MR) is 246 cm³/mol. The van der Waals surface area contributed by atoms with Gasteiger partial charge in [0.1, 0.15) is 16.2 Å². The molecule has 0 saturated carbocycles. The van der Waals surface area contributed by atoms with E-state index in [1.165, 1.54) is 21.0 Å². The van der Waals surface area contributed by atoms with Gasteiger partial charge < -0.3 is 9.64 Å². The highest BCUT2D eigenvalue weighted by molar-refractivity contribution is 7.85. The van der Waals surface area contributed by atoms with Gasteiger partial charge >= 0.3 is 0 Å². The number of anilines is 1. The molecule has 6 aromatic carbocycles. The molecule has 1 aliphatic rings. The Labute approximate surface area is 362 Å². The molecule has 7 aromatic rings. The van der Waals surface area contributed by atoms with Gasteiger partial charge in [-0.2, -0.15) is 21.4 Å². The van der Waals surface area contributed by atoms with E-state index in [1.807, 2.05) is 42.5 Å². The Morgan fingerprint density at radius 1 is 0.689 bits per heavy atom. The van der Waals surface area contributed by atoms with Crippen LogP contribution in [0.1, 0.15) is 78.6 Å². The number of hydrogen-bond donors (Lipinski definition) is 2. The van der Waals surface area contributed by atoms with Crippen LogP contribution in [0.5, 0.6) is 5.75 Å². The zero-order chi connectivity index (χ0) is 42.7. The quantitative estimate of drug-likeness (QED) is 0.0726. The number of hydrogen-bond acceptors (Lipinski definition) is 7. The van der Waals surface area contributed by atoms with E-state index >= 15 is 0 Å². The summed E-state index contributed by atoms with van der Waals surface area (Å²) in [5.74, 6) is 1.11. The standard InChI is InChI=1S/C49H48N2O7S3/c1-3-36(39-18-14-34(15-19-39)32-60(52,53)54)26-28-50-44-30-42(38-10-6-5-7-11-38)22-24-45(44)58-47(50)31-48-51(49-43-13-9-8-12-41(43)23-25-46(49)59-48)29-27-37(4-2)40-20-16-35(17-21-40)33-61(55,56)57/h5-25,30-31,36-37H,3-4,26-29,32-33H2,1-2H3,(H-,52,53,54,55,56,57)/p+1. The number of ether oxygens (including phenoxy) is 1. The zero-order valence-electron chi connectivity index (χ0n) is 34.1. The van der Waals surface area contributed by atoms with Gasteiger partial charge in [-0.1, -0.05) is 134 Å². The van der Waals surface area contributed by atoms with E-state index < -0.39 is 31.7 Å². The third kappa shape index (κ3) is 9.90. The molecule has 2 unspecified atom stereocenters. The van der Waals surface area contributed by atoms with Crippen molar-refractivity contribution in [1.82, 2.24) is 0 Å². The number of fused-ring (bicyclic) bond motifs is 4. The zero-order valence-corrected chi connectivity index (χ0v) is 36.6. The van der Waals surface area contributed by atoms with Crippen LogP contribution in [0.3, 0.4) is 0 Å². The van der Waals surface area contributed by atoms with Gasteiger partial charge in [-0.15, -0.1) is 0 Å². The Morgan fingerprint density at radius 2 is 1.30 bits per heavy atom. The van der Waals surface area contributed by atoms with Gasteiger partial charge in [-0.3, -0.25) is 9.11 Å². The average Bonchev–Trinajstić information content (AvgIpc) is 3.78. The summed E-state index contributed by atoms with van der Waals surface area (Å²) in [6.07, 6.45) is 5.61. The summed E-state index contributed by atoms with van der Waals surface area (Å²) in [5.41, 5.74) is 7.71. The molecule has 0 spiro atoms. The summed E-state index contributed by atoms with van der Waals surface area (Å²) >= 11 is 1.74. The summed E-state index contributed by atoms with van der Waals surface area (Å²) in [6.45, 7) is 5.74. The lowest BCUT2D eigenvalue weighted by molar-refractivity contribution is -0.668. The predicted octanol–water partition coefficient (Wildman–Crippen LogP) is 11.1. The maximum Gasteiger partial charge on any atom is 0.269 e. The van der Waals surface area contributed by atoms with E-state index in [-0.39, 0.29) is 11.8 Å². The Kier molecular flexibility index (Phi) is 12.4. The van der Waals surface area contributed by atoms with Crippen LogP contribution in [-0.4, -0.2) is 32.5 Å². The van der Waals surface area contributed by atoms with Gasteiger partial charge in [0.2, 0.25) is 11.4 Å². The van der Waals surface area contributed by atoms with E-state index in [0.29, 0.717) is 17.7 Å². The molecule has 0 aliphatic carbocycles. The van der Waals surface area contributed by atoms with Crippen LogP contribution < -0.4 is 14.2 Å². The maximum atomic E-state index is 11.5. The van der Waals surface area contributed by atoms with Crippen LogP contribution in [0.25, 0.3) is 38.2 Å². The number of aromatic nitrogens is 1. The third-order valence-corrected chi connectivity index (χ3v) is 14.2. The highest BCUT2D eigenvalue weighted by Crippen LogP contribution is 2.43. The molecule has 12 heteroatoms. The van der Waals surface area contributed by atoms with E-state index in [0.717, 1.165) is 76.8 Å². The van der Waals surface area contributed by atoms with Gasteiger partial charge in [-0.25, -0.2) is 0 Å². The second-order valence-corrected chi connectivity index (χ2v) is 19.7. The van der Waals surface area contributed by atoms with Crippen LogP contribution in [0.15, 0.2) is 139 Å². The van der Waals surface area contributed by atoms with E-state index in [9.17, 15) is 25.9 Å². The fourth-order valence-electron chi connectivity index (χ4n) is 8.53. The molecule has 2 N–H and O–H groups in total. The normalized spacial score (nSPS) is 14.7. The lowest BCUT2D eigenvalue weighted by Crippen LogP contribution is -2.36. The topological polar surface area (TPSA) is 125 Å². The minimum atomic E-state index is -4.12.